The van der Waals surface area contributed by atoms with Crippen molar-refractivity contribution in [1.82, 2.24) is 4.98 Å². The van der Waals surface area contributed by atoms with Crippen molar-refractivity contribution in [2.45, 2.75) is 6.92 Å². The fourth-order valence-electron chi connectivity index (χ4n) is 1.90. The molecule has 0 saturated heterocycles. The van der Waals surface area contributed by atoms with Gasteiger partial charge in [-0.25, -0.2) is 4.98 Å². The first-order chi connectivity index (χ1) is 10.0. The van der Waals surface area contributed by atoms with Crippen molar-refractivity contribution < 1.29 is 14.6 Å². The van der Waals surface area contributed by atoms with E-state index in [1.165, 1.54) is 11.3 Å². The SMILES string of the molecule is COc1ccc(-c2csc(N(C)CC(C)C(=O)O)n2)cc1. The number of carboxylic acids is 1. The van der Waals surface area contributed by atoms with Crippen molar-refractivity contribution in [1.29, 1.82) is 0 Å². The van der Waals surface area contributed by atoms with Crippen LogP contribution < -0.4 is 9.64 Å². The summed E-state index contributed by atoms with van der Waals surface area (Å²) in [7, 11) is 3.49. The fourth-order valence-corrected chi connectivity index (χ4v) is 2.71. The second kappa shape index (κ2) is 6.58. The number of nitrogens with zero attached hydrogens (tertiary/aromatic N) is 2. The highest BCUT2D eigenvalue weighted by Gasteiger charge is 2.16. The number of benzene rings is 1. The highest BCUT2D eigenvalue weighted by molar-refractivity contribution is 7.14. The first-order valence-corrected chi connectivity index (χ1v) is 7.43. The van der Waals surface area contributed by atoms with Gasteiger partial charge in [0, 0.05) is 24.5 Å². The first-order valence-electron chi connectivity index (χ1n) is 6.55. The smallest absolute Gasteiger partial charge is 0.308 e. The molecule has 1 N–H and O–H groups in total. The molecule has 1 unspecified atom stereocenters. The van der Waals surface area contributed by atoms with Crippen LogP contribution in [0.2, 0.25) is 0 Å². The fraction of sp³-hybridized carbons (Fsp3) is 0.333. The molecule has 112 valence electrons. The van der Waals surface area contributed by atoms with Gasteiger partial charge in [0.25, 0.3) is 0 Å². The Labute approximate surface area is 127 Å². The average molecular weight is 306 g/mol. The molecule has 21 heavy (non-hydrogen) atoms. The van der Waals surface area contributed by atoms with E-state index < -0.39 is 11.9 Å². The molecular formula is C15H18N2O3S. The van der Waals surface area contributed by atoms with Crippen LogP contribution in [0.5, 0.6) is 5.75 Å². The van der Waals surface area contributed by atoms with Gasteiger partial charge < -0.3 is 14.7 Å². The number of aliphatic carboxylic acids is 1. The third-order valence-electron chi connectivity index (χ3n) is 3.17. The van der Waals surface area contributed by atoms with Crippen molar-refractivity contribution in [2.75, 3.05) is 25.6 Å². The Bertz CT molecular complexity index is 610. The van der Waals surface area contributed by atoms with Crippen molar-refractivity contribution in [3.05, 3.63) is 29.6 Å². The number of carbonyl (C=O) groups is 1. The summed E-state index contributed by atoms with van der Waals surface area (Å²) in [4.78, 5) is 17.3. The molecule has 2 aromatic rings. The second-order valence-corrected chi connectivity index (χ2v) is 5.70. The van der Waals surface area contributed by atoms with Gasteiger partial charge in [0.05, 0.1) is 18.7 Å². The normalized spacial score (nSPS) is 12.0. The molecule has 2 rings (SSSR count). The predicted octanol–water partition coefficient (Wildman–Crippen LogP) is 2.98. The van der Waals surface area contributed by atoms with E-state index in [4.69, 9.17) is 9.84 Å². The second-order valence-electron chi connectivity index (χ2n) is 4.86. The van der Waals surface area contributed by atoms with Gasteiger partial charge in [-0.15, -0.1) is 11.3 Å². The topological polar surface area (TPSA) is 62.7 Å². The Morgan fingerprint density at radius 2 is 2.10 bits per heavy atom. The summed E-state index contributed by atoms with van der Waals surface area (Å²) >= 11 is 1.51. The number of aromatic nitrogens is 1. The first kappa shape index (κ1) is 15.3. The Morgan fingerprint density at radius 1 is 1.43 bits per heavy atom. The molecule has 0 amide bonds. The van der Waals surface area contributed by atoms with Gasteiger partial charge in [0.2, 0.25) is 0 Å². The van der Waals surface area contributed by atoms with Crippen LogP contribution in [0.25, 0.3) is 11.3 Å². The Hall–Kier alpha value is -2.08. The molecule has 0 bridgehead atoms. The van der Waals surface area contributed by atoms with E-state index in [-0.39, 0.29) is 0 Å². The number of hydrogen-bond donors (Lipinski definition) is 1. The van der Waals surface area contributed by atoms with E-state index in [1.807, 2.05) is 41.6 Å². The third-order valence-corrected chi connectivity index (χ3v) is 4.13. The number of methoxy groups -OCH3 is 1. The summed E-state index contributed by atoms with van der Waals surface area (Å²) in [5.74, 6) is -0.418. The summed E-state index contributed by atoms with van der Waals surface area (Å²) in [6, 6.07) is 7.70. The minimum absolute atomic E-state index is 0.427. The van der Waals surface area contributed by atoms with Gasteiger partial charge in [0.1, 0.15) is 5.75 Å². The van der Waals surface area contributed by atoms with Crippen molar-refractivity contribution in [2.24, 2.45) is 5.92 Å². The molecule has 1 atom stereocenters. The van der Waals surface area contributed by atoms with Crippen molar-refractivity contribution in [3.63, 3.8) is 0 Å². The van der Waals surface area contributed by atoms with E-state index in [9.17, 15) is 4.79 Å². The van der Waals surface area contributed by atoms with Crippen LogP contribution in [-0.2, 0) is 4.79 Å². The van der Waals surface area contributed by atoms with E-state index in [2.05, 4.69) is 4.98 Å². The van der Waals surface area contributed by atoms with Crippen LogP contribution in [0, 0.1) is 5.92 Å². The molecule has 1 aromatic carbocycles. The number of hydrogen-bond acceptors (Lipinski definition) is 5. The molecule has 0 fully saturated rings. The van der Waals surface area contributed by atoms with Crippen LogP contribution in [0.1, 0.15) is 6.92 Å². The Kier molecular flexibility index (Phi) is 4.80. The van der Waals surface area contributed by atoms with E-state index >= 15 is 0 Å². The van der Waals surface area contributed by atoms with Crippen LogP contribution in [0.4, 0.5) is 5.13 Å². The molecule has 0 spiro atoms. The third kappa shape index (κ3) is 3.72. The zero-order valence-corrected chi connectivity index (χ0v) is 13.1. The number of anilines is 1. The number of ether oxygens (including phenoxy) is 1. The molecule has 6 heteroatoms. The van der Waals surface area contributed by atoms with Gasteiger partial charge in [0.15, 0.2) is 5.13 Å². The van der Waals surface area contributed by atoms with Gasteiger partial charge in [-0.1, -0.05) is 6.92 Å². The number of carboxylic acid groups (broad SMARTS) is 1. The van der Waals surface area contributed by atoms with Crippen LogP contribution in [0.3, 0.4) is 0 Å². The standard InChI is InChI=1S/C15H18N2O3S/c1-10(14(18)19)8-17(2)15-16-13(9-21-15)11-4-6-12(20-3)7-5-11/h4-7,9-10H,8H2,1-3H3,(H,18,19). The van der Waals surface area contributed by atoms with Crippen LogP contribution >= 0.6 is 11.3 Å². The lowest BCUT2D eigenvalue weighted by molar-refractivity contribution is -0.140. The molecule has 0 aliphatic rings. The van der Waals surface area contributed by atoms with Crippen LogP contribution in [-0.4, -0.2) is 36.8 Å². The van der Waals surface area contributed by atoms with E-state index in [1.54, 1.807) is 14.0 Å². The zero-order valence-electron chi connectivity index (χ0n) is 12.2. The van der Waals surface area contributed by atoms with E-state index in [0.717, 1.165) is 22.1 Å². The molecule has 0 radical (unpaired) electrons. The molecule has 1 aromatic heterocycles. The van der Waals surface area contributed by atoms with Crippen molar-refractivity contribution >= 4 is 22.4 Å². The monoisotopic (exact) mass is 306 g/mol. The average Bonchev–Trinajstić information content (AvgIpc) is 2.97. The number of thiazole rings is 1. The highest BCUT2D eigenvalue weighted by Crippen LogP contribution is 2.28. The predicted molar refractivity (Wildman–Crippen MR) is 84.2 cm³/mol. The highest BCUT2D eigenvalue weighted by atomic mass is 32.1. The Balaban J connectivity index is 2.11. The largest absolute Gasteiger partial charge is 0.497 e. The minimum atomic E-state index is -0.797. The summed E-state index contributed by atoms with van der Waals surface area (Å²) < 4.78 is 5.13. The quantitative estimate of drug-likeness (QED) is 0.889. The zero-order chi connectivity index (χ0) is 15.4. The van der Waals surface area contributed by atoms with Gasteiger partial charge in [-0.3, -0.25) is 4.79 Å². The lowest BCUT2D eigenvalue weighted by Gasteiger charge is -2.17. The molecule has 5 nitrogen and oxygen atoms in total. The lowest BCUT2D eigenvalue weighted by Crippen LogP contribution is -2.28. The molecule has 0 aliphatic heterocycles. The van der Waals surface area contributed by atoms with Gasteiger partial charge in [-0.2, -0.15) is 0 Å². The Morgan fingerprint density at radius 3 is 2.67 bits per heavy atom. The van der Waals surface area contributed by atoms with Crippen molar-refractivity contribution in [3.8, 4) is 17.0 Å². The summed E-state index contributed by atoms with van der Waals surface area (Å²) in [6.45, 7) is 2.13. The molecular weight excluding hydrogens is 288 g/mol. The maximum Gasteiger partial charge on any atom is 0.308 e. The number of rotatable bonds is 6. The minimum Gasteiger partial charge on any atom is -0.497 e. The van der Waals surface area contributed by atoms with Gasteiger partial charge >= 0.3 is 5.97 Å². The lowest BCUT2D eigenvalue weighted by atomic mass is 10.2. The summed E-state index contributed by atoms with van der Waals surface area (Å²) in [5, 5.41) is 11.7. The van der Waals surface area contributed by atoms with E-state index in [0.29, 0.717) is 6.54 Å². The maximum absolute atomic E-state index is 10.9. The summed E-state index contributed by atoms with van der Waals surface area (Å²) in [6.07, 6.45) is 0. The maximum atomic E-state index is 10.9. The molecule has 0 saturated carbocycles. The van der Waals surface area contributed by atoms with Crippen LogP contribution in [0.15, 0.2) is 29.6 Å². The molecule has 1 heterocycles. The summed E-state index contributed by atoms with van der Waals surface area (Å²) in [5.41, 5.74) is 1.89. The van der Waals surface area contributed by atoms with Gasteiger partial charge in [-0.05, 0) is 24.3 Å². The molecule has 0 aliphatic carbocycles.